The van der Waals surface area contributed by atoms with Gasteiger partial charge in [0, 0.05) is 47.9 Å². The van der Waals surface area contributed by atoms with E-state index in [-0.39, 0.29) is 30.2 Å². The fourth-order valence-electron chi connectivity index (χ4n) is 6.62. The van der Waals surface area contributed by atoms with Crippen LogP contribution in [0, 0.1) is 0 Å². The molecule has 1 atom stereocenters. The largest absolute Gasteiger partial charge is 0.352 e. The molecule has 0 unspecified atom stereocenters. The molecule has 0 radical (unpaired) electrons. The molecule has 6 nitrogen and oxygen atoms in total. The van der Waals surface area contributed by atoms with Gasteiger partial charge in [-0.1, -0.05) is 97.6 Å². The molecule has 1 N–H and O–H groups in total. The van der Waals surface area contributed by atoms with Gasteiger partial charge in [0.15, 0.2) is 0 Å². The number of hydrogen-bond acceptors (Lipinski definition) is 3. The molecule has 4 aromatic carbocycles. The van der Waals surface area contributed by atoms with Crippen molar-refractivity contribution in [3.05, 3.63) is 113 Å². The third-order valence-electron chi connectivity index (χ3n) is 8.91. The summed E-state index contributed by atoms with van der Waals surface area (Å²) in [5.74, 6) is -0.252. The number of halogens is 1. The summed E-state index contributed by atoms with van der Waals surface area (Å²) in [6, 6.07) is 28.5. The second-order valence-corrected chi connectivity index (χ2v) is 12.4. The Labute approximate surface area is 264 Å². The zero-order chi connectivity index (χ0) is 30.5. The van der Waals surface area contributed by atoms with E-state index in [0.29, 0.717) is 36.5 Å². The van der Waals surface area contributed by atoms with E-state index in [1.165, 1.54) is 6.42 Å². The minimum Gasteiger partial charge on any atom is -0.352 e. The predicted octanol–water partition coefficient (Wildman–Crippen LogP) is 7.32. The molecule has 4 aromatic rings. The molecule has 1 fully saturated rings. The minimum absolute atomic E-state index is 0.0314. The maximum atomic E-state index is 14.1. The van der Waals surface area contributed by atoms with Gasteiger partial charge in [-0.15, -0.1) is 0 Å². The highest BCUT2D eigenvalue weighted by atomic mass is 35.5. The summed E-state index contributed by atoms with van der Waals surface area (Å²) >= 11 is 6.17. The lowest BCUT2D eigenvalue weighted by Gasteiger charge is -2.33. The molecule has 1 saturated carbocycles. The van der Waals surface area contributed by atoms with E-state index in [1.54, 1.807) is 9.80 Å². The summed E-state index contributed by atoms with van der Waals surface area (Å²) in [6.45, 7) is 0.712. The third-order valence-corrected chi connectivity index (χ3v) is 9.16. The first kappa shape index (κ1) is 29.9. The predicted molar refractivity (Wildman–Crippen MR) is 176 cm³/mol. The average molecular weight is 608 g/mol. The summed E-state index contributed by atoms with van der Waals surface area (Å²) in [6.07, 6.45) is 6.45. The number of carbonyl (C=O) groups excluding carboxylic acids is 3. The molecule has 0 aromatic heterocycles. The van der Waals surface area contributed by atoms with Crippen molar-refractivity contribution >= 4 is 45.8 Å². The lowest BCUT2D eigenvalue weighted by Crippen LogP contribution is -2.52. The van der Waals surface area contributed by atoms with Crippen LogP contribution >= 0.6 is 11.6 Å². The Bertz CT molecular complexity index is 1630. The van der Waals surface area contributed by atoms with Crippen LogP contribution in [0.4, 0.5) is 5.69 Å². The van der Waals surface area contributed by atoms with Gasteiger partial charge in [0.2, 0.25) is 11.8 Å². The topological polar surface area (TPSA) is 69.7 Å². The van der Waals surface area contributed by atoms with Crippen LogP contribution < -0.4 is 10.2 Å². The van der Waals surface area contributed by atoms with Crippen LogP contribution in [-0.2, 0) is 22.6 Å². The highest BCUT2D eigenvalue weighted by Crippen LogP contribution is 2.37. The first-order valence-corrected chi connectivity index (χ1v) is 16.1. The molecular weight excluding hydrogens is 570 g/mol. The summed E-state index contributed by atoms with van der Waals surface area (Å²) in [5, 5.41) is 5.92. The van der Waals surface area contributed by atoms with Crippen LogP contribution in [0.5, 0.6) is 0 Å². The molecule has 2 aliphatic rings. The molecule has 1 heterocycles. The quantitative estimate of drug-likeness (QED) is 0.194. The fraction of sp³-hybridized carbons (Fsp3) is 0.324. The zero-order valence-electron chi connectivity index (χ0n) is 24.9. The molecule has 0 saturated heterocycles. The van der Waals surface area contributed by atoms with Crippen molar-refractivity contribution < 1.29 is 14.4 Å². The summed E-state index contributed by atoms with van der Waals surface area (Å²) in [5.41, 5.74) is 3.50. The first-order valence-electron chi connectivity index (χ1n) is 15.7. The number of nitrogens with zero attached hydrogens (tertiary/aromatic N) is 2. The average Bonchev–Trinajstić information content (AvgIpc) is 3.32. The Morgan fingerprint density at radius 1 is 0.864 bits per heavy atom. The van der Waals surface area contributed by atoms with Gasteiger partial charge in [-0.2, -0.15) is 0 Å². The van der Waals surface area contributed by atoms with Crippen LogP contribution in [-0.4, -0.2) is 41.2 Å². The Balaban J connectivity index is 1.23. The minimum atomic E-state index is -0.672. The van der Waals surface area contributed by atoms with E-state index < -0.39 is 6.04 Å². The SMILES string of the molecule is O=C(NC1CCCCC1)[C@H](Cc1ccccc1)N(Cc1ccc(Cl)cc1)C(=O)CCCN1C(=O)c2cccc3cccc1c23. The van der Waals surface area contributed by atoms with Gasteiger partial charge in [0.25, 0.3) is 5.91 Å². The van der Waals surface area contributed by atoms with E-state index in [2.05, 4.69) is 5.32 Å². The number of rotatable bonds is 11. The number of hydrogen-bond donors (Lipinski definition) is 1. The second kappa shape index (κ2) is 13.6. The van der Waals surface area contributed by atoms with Gasteiger partial charge in [0.05, 0.1) is 5.69 Å². The van der Waals surface area contributed by atoms with Crippen molar-refractivity contribution in [2.75, 3.05) is 11.4 Å². The molecule has 0 bridgehead atoms. The highest BCUT2D eigenvalue weighted by Gasteiger charge is 2.33. The normalized spacial score (nSPS) is 15.4. The molecule has 6 rings (SSSR count). The number of nitrogens with one attached hydrogen (secondary N) is 1. The number of amides is 3. The van der Waals surface area contributed by atoms with E-state index in [1.807, 2.05) is 91.0 Å². The fourth-order valence-corrected chi connectivity index (χ4v) is 6.74. The highest BCUT2D eigenvalue weighted by molar-refractivity contribution is 6.30. The van der Waals surface area contributed by atoms with Crippen LogP contribution in [0.15, 0.2) is 91.0 Å². The van der Waals surface area contributed by atoms with Crippen molar-refractivity contribution in [2.24, 2.45) is 0 Å². The Kier molecular flexibility index (Phi) is 9.27. The van der Waals surface area contributed by atoms with Gasteiger partial charge in [-0.3, -0.25) is 14.4 Å². The molecule has 3 amide bonds. The number of benzene rings is 4. The molecule has 44 heavy (non-hydrogen) atoms. The van der Waals surface area contributed by atoms with Gasteiger partial charge in [-0.25, -0.2) is 0 Å². The number of anilines is 1. The van der Waals surface area contributed by atoms with Gasteiger partial charge in [-0.05, 0) is 60.0 Å². The summed E-state index contributed by atoms with van der Waals surface area (Å²) in [4.78, 5) is 44.9. The lowest BCUT2D eigenvalue weighted by atomic mass is 9.94. The zero-order valence-corrected chi connectivity index (χ0v) is 25.6. The second-order valence-electron chi connectivity index (χ2n) is 11.9. The summed E-state index contributed by atoms with van der Waals surface area (Å²) < 4.78 is 0. The van der Waals surface area contributed by atoms with Crippen LogP contribution in [0.2, 0.25) is 5.02 Å². The van der Waals surface area contributed by atoms with Crippen LogP contribution in [0.3, 0.4) is 0 Å². The Hall–Kier alpha value is -4.16. The van der Waals surface area contributed by atoms with Crippen molar-refractivity contribution in [1.82, 2.24) is 10.2 Å². The van der Waals surface area contributed by atoms with E-state index >= 15 is 0 Å². The maximum Gasteiger partial charge on any atom is 0.258 e. The van der Waals surface area contributed by atoms with Crippen LogP contribution in [0.1, 0.15) is 66.4 Å². The Morgan fingerprint density at radius 2 is 1.59 bits per heavy atom. The smallest absolute Gasteiger partial charge is 0.258 e. The van der Waals surface area contributed by atoms with Gasteiger partial charge < -0.3 is 15.1 Å². The molecule has 226 valence electrons. The van der Waals surface area contributed by atoms with Crippen LogP contribution in [0.25, 0.3) is 10.8 Å². The third kappa shape index (κ3) is 6.66. The lowest BCUT2D eigenvalue weighted by molar-refractivity contribution is -0.141. The van der Waals surface area contributed by atoms with E-state index in [0.717, 1.165) is 53.3 Å². The van der Waals surface area contributed by atoms with Crippen molar-refractivity contribution in [3.8, 4) is 0 Å². The molecule has 1 aliphatic carbocycles. The van der Waals surface area contributed by atoms with E-state index in [9.17, 15) is 14.4 Å². The number of carbonyl (C=O) groups is 3. The molecule has 0 spiro atoms. The maximum absolute atomic E-state index is 14.1. The van der Waals surface area contributed by atoms with Gasteiger partial charge >= 0.3 is 0 Å². The first-order chi connectivity index (χ1) is 21.5. The van der Waals surface area contributed by atoms with Crippen molar-refractivity contribution in [2.45, 2.75) is 70.0 Å². The monoisotopic (exact) mass is 607 g/mol. The Morgan fingerprint density at radius 3 is 2.34 bits per heavy atom. The van der Waals surface area contributed by atoms with E-state index in [4.69, 9.17) is 11.6 Å². The summed E-state index contributed by atoms with van der Waals surface area (Å²) in [7, 11) is 0. The standard InChI is InChI=1S/C37H38ClN3O3/c38-29-21-19-27(20-22-29)25-41(33(24-26-10-3-1-4-11-26)36(43)39-30-14-5-2-6-15-30)34(42)18-9-23-40-32-17-8-13-28-12-7-16-31(35(28)32)37(40)44/h1,3-4,7-8,10-13,16-17,19-22,30,33H,2,5-6,9,14-15,18,23-25H2,(H,39,43)/t33-/m0/s1. The van der Waals surface area contributed by atoms with Gasteiger partial charge in [0.1, 0.15) is 6.04 Å². The molecule has 1 aliphatic heterocycles. The van der Waals surface area contributed by atoms with Crippen molar-refractivity contribution in [1.29, 1.82) is 0 Å². The van der Waals surface area contributed by atoms with Crippen molar-refractivity contribution in [3.63, 3.8) is 0 Å². The molecular formula is C37H38ClN3O3. The molecule has 7 heteroatoms.